The molecule has 0 N–H and O–H groups in total. The summed E-state index contributed by atoms with van der Waals surface area (Å²) in [5.74, 6) is -0.869. The highest BCUT2D eigenvalue weighted by Crippen LogP contribution is 2.41. The number of unbranched alkanes of at least 4 members (excludes halogenated alkanes) is 1. The quantitative estimate of drug-likeness (QED) is 0.321. The summed E-state index contributed by atoms with van der Waals surface area (Å²) in [6, 6.07) is 3.18. The Hall–Kier alpha value is -1.27. The second-order valence-corrected chi connectivity index (χ2v) is 9.38. The van der Waals surface area contributed by atoms with E-state index in [0.29, 0.717) is 18.3 Å². The highest BCUT2D eigenvalue weighted by atomic mass is 19.3. The SMILES string of the molecule is CCCCOC1CCC(c2ccc(OCC3CCC(CCC)OC3)c(F)c2C(F)F)CC1. The van der Waals surface area contributed by atoms with E-state index < -0.39 is 17.8 Å². The molecule has 1 aliphatic carbocycles. The van der Waals surface area contributed by atoms with E-state index in [1.807, 2.05) is 0 Å². The molecule has 0 amide bonds. The third-order valence-electron chi connectivity index (χ3n) is 6.91. The molecule has 1 saturated carbocycles. The van der Waals surface area contributed by atoms with Crippen LogP contribution in [0.25, 0.3) is 0 Å². The van der Waals surface area contributed by atoms with Crippen molar-refractivity contribution in [1.82, 2.24) is 0 Å². The number of rotatable bonds is 11. The number of halogens is 3. The van der Waals surface area contributed by atoms with Gasteiger partial charge in [0.1, 0.15) is 0 Å². The maximum atomic E-state index is 15.1. The molecule has 1 aliphatic heterocycles. The van der Waals surface area contributed by atoms with Gasteiger partial charge < -0.3 is 14.2 Å². The largest absolute Gasteiger partial charge is 0.490 e. The Morgan fingerprint density at radius 1 is 1.03 bits per heavy atom. The standard InChI is InChI=1S/C26H39F3O3/c1-3-5-15-30-21-11-8-19(9-12-21)22-13-14-23(25(27)24(22)26(28)29)32-17-18-7-10-20(6-4-2)31-16-18/h13-14,18-21,26H,3-12,15-17H2,1-2H3. The fourth-order valence-corrected chi connectivity index (χ4v) is 4.96. The number of hydrogen-bond donors (Lipinski definition) is 0. The first-order valence-corrected chi connectivity index (χ1v) is 12.5. The Bertz CT molecular complexity index is 681. The lowest BCUT2D eigenvalue weighted by atomic mass is 9.80. The van der Waals surface area contributed by atoms with Gasteiger partial charge in [-0.1, -0.05) is 32.8 Å². The number of alkyl halides is 2. The van der Waals surface area contributed by atoms with Crippen LogP contribution in [0, 0.1) is 11.7 Å². The lowest BCUT2D eigenvalue weighted by molar-refractivity contribution is -0.0310. The second kappa shape index (κ2) is 12.8. The average molecular weight is 457 g/mol. The third kappa shape index (κ3) is 6.86. The van der Waals surface area contributed by atoms with Gasteiger partial charge in [-0.3, -0.25) is 0 Å². The predicted molar refractivity (Wildman–Crippen MR) is 120 cm³/mol. The van der Waals surface area contributed by atoms with Crippen molar-refractivity contribution in [3.8, 4) is 5.75 Å². The first-order chi connectivity index (χ1) is 15.5. The van der Waals surface area contributed by atoms with Gasteiger partial charge in [-0.2, -0.15) is 0 Å². The summed E-state index contributed by atoms with van der Waals surface area (Å²) in [4.78, 5) is 0. The van der Waals surface area contributed by atoms with Gasteiger partial charge in [0.05, 0.1) is 31.0 Å². The van der Waals surface area contributed by atoms with E-state index in [1.54, 1.807) is 6.07 Å². The molecule has 1 aromatic carbocycles. The minimum absolute atomic E-state index is 0.0594. The third-order valence-corrected chi connectivity index (χ3v) is 6.91. The molecule has 3 nitrogen and oxygen atoms in total. The predicted octanol–water partition coefficient (Wildman–Crippen LogP) is 7.58. The molecule has 6 heteroatoms. The van der Waals surface area contributed by atoms with Crippen molar-refractivity contribution in [2.75, 3.05) is 19.8 Å². The number of hydrogen-bond acceptors (Lipinski definition) is 3. The molecule has 1 aromatic rings. The zero-order valence-corrected chi connectivity index (χ0v) is 19.6. The maximum Gasteiger partial charge on any atom is 0.267 e. The number of ether oxygens (including phenoxy) is 3. The van der Waals surface area contributed by atoms with Crippen molar-refractivity contribution in [3.63, 3.8) is 0 Å². The summed E-state index contributed by atoms with van der Waals surface area (Å²) < 4.78 is 60.2. The topological polar surface area (TPSA) is 27.7 Å². The van der Waals surface area contributed by atoms with Crippen molar-refractivity contribution >= 4 is 0 Å². The van der Waals surface area contributed by atoms with E-state index in [-0.39, 0.29) is 30.3 Å². The van der Waals surface area contributed by atoms with Crippen LogP contribution in [0.5, 0.6) is 5.75 Å². The fourth-order valence-electron chi connectivity index (χ4n) is 4.96. The van der Waals surface area contributed by atoms with Gasteiger partial charge in [-0.15, -0.1) is 0 Å². The Morgan fingerprint density at radius 3 is 2.44 bits per heavy atom. The van der Waals surface area contributed by atoms with E-state index in [4.69, 9.17) is 14.2 Å². The summed E-state index contributed by atoms with van der Waals surface area (Å²) in [5.41, 5.74) is -0.0546. The highest BCUT2D eigenvalue weighted by molar-refractivity contribution is 5.40. The fraction of sp³-hybridized carbons (Fsp3) is 0.769. The van der Waals surface area contributed by atoms with E-state index >= 15 is 4.39 Å². The smallest absolute Gasteiger partial charge is 0.267 e. The summed E-state index contributed by atoms with van der Waals surface area (Å²) >= 11 is 0. The van der Waals surface area contributed by atoms with Crippen molar-refractivity contribution in [3.05, 3.63) is 29.1 Å². The zero-order chi connectivity index (χ0) is 22.9. The first-order valence-electron chi connectivity index (χ1n) is 12.5. The molecule has 2 unspecified atom stereocenters. The normalized spacial score (nSPS) is 26.4. The van der Waals surface area contributed by atoms with E-state index in [2.05, 4.69) is 13.8 Å². The van der Waals surface area contributed by atoms with Crippen LogP contribution in [0.2, 0.25) is 0 Å². The summed E-state index contributed by atoms with van der Waals surface area (Å²) in [6.07, 6.45) is 6.97. The zero-order valence-electron chi connectivity index (χ0n) is 19.6. The van der Waals surface area contributed by atoms with Crippen molar-refractivity contribution in [2.24, 2.45) is 5.92 Å². The minimum atomic E-state index is -2.86. The molecule has 0 aromatic heterocycles. The van der Waals surface area contributed by atoms with Crippen molar-refractivity contribution < 1.29 is 27.4 Å². The molecule has 0 bridgehead atoms. The van der Waals surface area contributed by atoms with Gasteiger partial charge >= 0.3 is 0 Å². The molecule has 3 rings (SSSR count). The van der Waals surface area contributed by atoms with Crippen LogP contribution >= 0.6 is 0 Å². The van der Waals surface area contributed by atoms with Gasteiger partial charge in [0.2, 0.25) is 0 Å². The van der Waals surface area contributed by atoms with Gasteiger partial charge in [-0.05, 0) is 68.9 Å². The Kier molecular flexibility index (Phi) is 10.2. The van der Waals surface area contributed by atoms with Crippen LogP contribution in [0.4, 0.5) is 13.2 Å². The highest BCUT2D eigenvalue weighted by Gasteiger charge is 2.30. The Morgan fingerprint density at radius 2 is 1.81 bits per heavy atom. The molecule has 0 spiro atoms. The molecular weight excluding hydrogens is 417 g/mol. The van der Waals surface area contributed by atoms with Crippen LogP contribution in [-0.4, -0.2) is 32.0 Å². The number of benzene rings is 1. The molecule has 2 fully saturated rings. The molecule has 2 atom stereocenters. The monoisotopic (exact) mass is 456 g/mol. The van der Waals surface area contributed by atoms with Crippen LogP contribution in [0.1, 0.15) is 102 Å². The van der Waals surface area contributed by atoms with Gasteiger partial charge in [0, 0.05) is 12.5 Å². The Labute approximate surface area is 191 Å². The second-order valence-electron chi connectivity index (χ2n) is 9.38. The van der Waals surface area contributed by atoms with E-state index in [1.165, 1.54) is 6.07 Å². The molecular formula is C26H39F3O3. The van der Waals surface area contributed by atoms with Crippen molar-refractivity contribution in [2.45, 2.75) is 103 Å². The minimum Gasteiger partial charge on any atom is -0.490 e. The first kappa shape index (κ1) is 25.4. The lowest BCUT2D eigenvalue weighted by Crippen LogP contribution is -2.29. The Balaban J connectivity index is 1.58. The van der Waals surface area contributed by atoms with E-state index in [9.17, 15) is 8.78 Å². The van der Waals surface area contributed by atoms with Crippen molar-refractivity contribution in [1.29, 1.82) is 0 Å². The molecule has 32 heavy (non-hydrogen) atoms. The maximum absolute atomic E-state index is 15.1. The van der Waals surface area contributed by atoms with Crippen LogP contribution in [-0.2, 0) is 9.47 Å². The van der Waals surface area contributed by atoms with Gasteiger partial charge in [0.15, 0.2) is 11.6 Å². The van der Waals surface area contributed by atoms with Gasteiger partial charge in [0.25, 0.3) is 6.43 Å². The van der Waals surface area contributed by atoms with Crippen LogP contribution in [0.15, 0.2) is 12.1 Å². The molecule has 1 heterocycles. The summed E-state index contributed by atoms with van der Waals surface area (Å²) in [6.45, 7) is 5.88. The summed E-state index contributed by atoms with van der Waals surface area (Å²) in [7, 11) is 0. The van der Waals surface area contributed by atoms with Crippen LogP contribution < -0.4 is 4.74 Å². The molecule has 2 aliphatic rings. The average Bonchev–Trinajstić information content (AvgIpc) is 2.80. The van der Waals surface area contributed by atoms with Gasteiger partial charge in [-0.25, -0.2) is 13.2 Å². The molecule has 182 valence electrons. The van der Waals surface area contributed by atoms with E-state index in [0.717, 1.165) is 70.8 Å². The van der Waals surface area contributed by atoms with Crippen LogP contribution in [0.3, 0.4) is 0 Å². The lowest BCUT2D eigenvalue weighted by Gasteiger charge is -2.31. The molecule has 1 saturated heterocycles. The molecule has 0 radical (unpaired) electrons. The summed E-state index contributed by atoms with van der Waals surface area (Å²) in [5, 5.41) is 0.